The van der Waals surface area contributed by atoms with Crippen LogP contribution >= 0.6 is 0 Å². The summed E-state index contributed by atoms with van der Waals surface area (Å²) in [6.07, 6.45) is 1.90. The molecule has 0 spiro atoms. The Bertz CT molecular complexity index is 445. The molecule has 1 unspecified atom stereocenters. The summed E-state index contributed by atoms with van der Waals surface area (Å²) in [4.78, 5) is 0. The van der Waals surface area contributed by atoms with Gasteiger partial charge in [-0.2, -0.15) is 0 Å². The van der Waals surface area contributed by atoms with Crippen LogP contribution in [-0.4, -0.2) is 44.2 Å². The van der Waals surface area contributed by atoms with Crippen molar-refractivity contribution in [2.45, 2.75) is 25.4 Å². The van der Waals surface area contributed by atoms with Crippen LogP contribution in [0.3, 0.4) is 0 Å². The van der Waals surface area contributed by atoms with E-state index in [0.717, 1.165) is 5.56 Å². The van der Waals surface area contributed by atoms with Gasteiger partial charge >= 0.3 is 0 Å². The molecule has 0 saturated carbocycles. The molecule has 0 saturated heterocycles. The van der Waals surface area contributed by atoms with Crippen molar-refractivity contribution in [3.05, 3.63) is 35.9 Å². The first-order valence-electron chi connectivity index (χ1n) is 5.99. The number of nitrogens with one attached hydrogen (secondary N) is 1. The fraction of sp³-hybridized carbons (Fsp3) is 0.538. The highest BCUT2D eigenvalue weighted by Crippen LogP contribution is 2.04. The summed E-state index contributed by atoms with van der Waals surface area (Å²) < 4.78 is 22.3. The van der Waals surface area contributed by atoms with Crippen molar-refractivity contribution in [1.29, 1.82) is 0 Å². The lowest BCUT2D eigenvalue weighted by Crippen LogP contribution is -2.43. The quantitative estimate of drug-likeness (QED) is 0.762. The molecule has 2 N–H and O–H groups in total. The first kappa shape index (κ1) is 15.1. The number of rotatable bonds is 7. The molecule has 0 aliphatic heterocycles. The number of sulfone groups is 1. The van der Waals surface area contributed by atoms with E-state index >= 15 is 0 Å². The SMILES string of the molecule is CC(CS(C)(=O)=O)N[C@H](CO)Cc1ccccc1. The number of aliphatic hydroxyl groups excluding tert-OH is 1. The standard InChI is InChI=1S/C13H21NO3S/c1-11(10-18(2,16)17)14-13(9-15)8-12-6-4-3-5-7-12/h3-7,11,13-15H,8-10H2,1-2H3/t11?,13-/m0/s1. The third-order valence-electron chi connectivity index (χ3n) is 2.62. The molecule has 0 aliphatic carbocycles. The number of aliphatic hydroxyl groups is 1. The third-order valence-corrected chi connectivity index (χ3v) is 3.72. The topological polar surface area (TPSA) is 66.4 Å². The van der Waals surface area contributed by atoms with Gasteiger partial charge in [-0.1, -0.05) is 30.3 Å². The van der Waals surface area contributed by atoms with Crippen molar-refractivity contribution in [3.63, 3.8) is 0 Å². The second-order valence-electron chi connectivity index (χ2n) is 4.73. The number of benzene rings is 1. The molecule has 1 aromatic rings. The van der Waals surface area contributed by atoms with Gasteiger partial charge in [0.25, 0.3) is 0 Å². The van der Waals surface area contributed by atoms with Gasteiger partial charge in [0, 0.05) is 18.3 Å². The molecular weight excluding hydrogens is 250 g/mol. The lowest BCUT2D eigenvalue weighted by Gasteiger charge is -2.21. The second kappa shape index (κ2) is 6.87. The van der Waals surface area contributed by atoms with Gasteiger partial charge in [0.2, 0.25) is 0 Å². The monoisotopic (exact) mass is 271 g/mol. The zero-order valence-electron chi connectivity index (χ0n) is 10.8. The van der Waals surface area contributed by atoms with Crippen LogP contribution in [0.5, 0.6) is 0 Å². The Morgan fingerprint density at radius 3 is 2.39 bits per heavy atom. The van der Waals surface area contributed by atoms with Crippen molar-refractivity contribution < 1.29 is 13.5 Å². The molecule has 0 fully saturated rings. The Balaban J connectivity index is 2.52. The lowest BCUT2D eigenvalue weighted by atomic mass is 10.1. The Hall–Kier alpha value is -0.910. The minimum absolute atomic E-state index is 0.0109. The van der Waals surface area contributed by atoms with Gasteiger partial charge in [0.1, 0.15) is 9.84 Å². The first-order valence-corrected chi connectivity index (χ1v) is 8.05. The molecule has 0 bridgehead atoms. The van der Waals surface area contributed by atoms with Gasteiger partial charge in [0.05, 0.1) is 12.4 Å². The molecule has 0 amide bonds. The molecule has 1 aromatic carbocycles. The molecule has 0 aliphatic rings. The summed E-state index contributed by atoms with van der Waals surface area (Å²) in [5, 5.41) is 12.5. The van der Waals surface area contributed by atoms with Crippen molar-refractivity contribution >= 4 is 9.84 Å². The summed E-state index contributed by atoms with van der Waals surface area (Å²) in [6, 6.07) is 9.53. The molecule has 4 nitrogen and oxygen atoms in total. The molecule has 5 heteroatoms. The summed E-state index contributed by atoms with van der Waals surface area (Å²) in [7, 11) is -2.99. The van der Waals surface area contributed by atoms with Crippen LogP contribution in [0.4, 0.5) is 0 Å². The highest BCUT2D eigenvalue weighted by atomic mass is 32.2. The minimum Gasteiger partial charge on any atom is -0.395 e. The van der Waals surface area contributed by atoms with E-state index in [0.29, 0.717) is 6.42 Å². The van der Waals surface area contributed by atoms with Crippen LogP contribution in [0.15, 0.2) is 30.3 Å². The molecule has 0 aromatic heterocycles. The summed E-state index contributed by atoms with van der Waals surface area (Å²) in [6.45, 7) is 1.80. The van der Waals surface area contributed by atoms with Gasteiger partial charge in [0.15, 0.2) is 0 Å². The van der Waals surface area contributed by atoms with Crippen LogP contribution in [0.2, 0.25) is 0 Å². The maximum atomic E-state index is 11.2. The fourth-order valence-electron chi connectivity index (χ4n) is 1.98. The largest absolute Gasteiger partial charge is 0.395 e. The summed E-state index contributed by atoms with van der Waals surface area (Å²) in [5.74, 6) is 0.0816. The van der Waals surface area contributed by atoms with E-state index in [-0.39, 0.29) is 24.4 Å². The molecule has 0 heterocycles. The highest BCUT2D eigenvalue weighted by Gasteiger charge is 2.15. The Labute approximate surface area is 109 Å². The first-order chi connectivity index (χ1) is 8.40. The average molecular weight is 271 g/mol. The van der Waals surface area contributed by atoms with Gasteiger partial charge in [-0.3, -0.25) is 0 Å². The maximum absolute atomic E-state index is 11.2. The maximum Gasteiger partial charge on any atom is 0.148 e. The summed E-state index contributed by atoms with van der Waals surface area (Å²) in [5.41, 5.74) is 1.12. The van der Waals surface area contributed by atoms with E-state index in [1.807, 2.05) is 37.3 Å². The Kier molecular flexibility index (Phi) is 5.78. The van der Waals surface area contributed by atoms with Crippen molar-refractivity contribution in [2.24, 2.45) is 0 Å². The van der Waals surface area contributed by atoms with Gasteiger partial charge in [-0.25, -0.2) is 8.42 Å². The van der Waals surface area contributed by atoms with E-state index < -0.39 is 9.84 Å². The Morgan fingerprint density at radius 2 is 1.89 bits per heavy atom. The van der Waals surface area contributed by atoms with Crippen LogP contribution in [0.1, 0.15) is 12.5 Å². The molecular formula is C13H21NO3S. The fourth-order valence-corrected chi connectivity index (χ4v) is 2.98. The second-order valence-corrected chi connectivity index (χ2v) is 6.91. The smallest absolute Gasteiger partial charge is 0.148 e. The van der Waals surface area contributed by atoms with Crippen LogP contribution in [-0.2, 0) is 16.3 Å². The molecule has 0 radical (unpaired) electrons. The van der Waals surface area contributed by atoms with E-state index in [4.69, 9.17) is 0 Å². The van der Waals surface area contributed by atoms with Crippen LogP contribution < -0.4 is 5.32 Å². The highest BCUT2D eigenvalue weighted by molar-refractivity contribution is 7.90. The van der Waals surface area contributed by atoms with Crippen LogP contribution in [0, 0.1) is 0 Å². The van der Waals surface area contributed by atoms with Crippen molar-refractivity contribution in [2.75, 3.05) is 18.6 Å². The Morgan fingerprint density at radius 1 is 1.28 bits per heavy atom. The lowest BCUT2D eigenvalue weighted by molar-refractivity contribution is 0.235. The van der Waals surface area contributed by atoms with Crippen molar-refractivity contribution in [1.82, 2.24) is 5.32 Å². The average Bonchev–Trinajstić information content (AvgIpc) is 2.27. The minimum atomic E-state index is -2.99. The van der Waals surface area contributed by atoms with E-state index in [9.17, 15) is 13.5 Å². The van der Waals surface area contributed by atoms with Crippen molar-refractivity contribution in [3.8, 4) is 0 Å². The molecule has 1 rings (SSSR count). The normalized spacial score (nSPS) is 15.3. The van der Waals surface area contributed by atoms with Gasteiger partial charge in [-0.15, -0.1) is 0 Å². The van der Waals surface area contributed by atoms with Gasteiger partial charge in [-0.05, 0) is 18.9 Å². The number of hydrogen-bond donors (Lipinski definition) is 2. The molecule has 2 atom stereocenters. The molecule has 102 valence electrons. The zero-order valence-corrected chi connectivity index (χ0v) is 11.7. The predicted octanol–water partition coefficient (Wildman–Crippen LogP) is 0.613. The summed E-state index contributed by atoms with van der Waals surface area (Å²) >= 11 is 0. The van der Waals surface area contributed by atoms with E-state index in [1.54, 1.807) is 0 Å². The predicted molar refractivity (Wildman–Crippen MR) is 73.3 cm³/mol. The van der Waals surface area contributed by atoms with E-state index in [1.165, 1.54) is 6.26 Å². The molecule has 18 heavy (non-hydrogen) atoms. The van der Waals surface area contributed by atoms with Crippen LogP contribution in [0.25, 0.3) is 0 Å². The van der Waals surface area contributed by atoms with E-state index in [2.05, 4.69) is 5.32 Å². The third kappa shape index (κ3) is 6.14. The zero-order chi connectivity index (χ0) is 13.6. The van der Waals surface area contributed by atoms with Gasteiger partial charge < -0.3 is 10.4 Å². The number of hydrogen-bond acceptors (Lipinski definition) is 4.